The van der Waals surface area contributed by atoms with Crippen LogP contribution in [0.4, 0.5) is 5.69 Å². The van der Waals surface area contributed by atoms with Gasteiger partial charge in [0.2, 0.25) is 5.91 Å². The molecule has 1 N–H and O–H groups in total. The fraction of sp³-hybridized carbons (Fsp3) is 0.280. The molecule has 1 heterocycles. The molecule has 0 saturated heterocycles. The van der Waals surface area contributed by atoms with Gasteiger partial charge in [-0.2, -0.15) is 5.10 Å². The van der Waals surface area contributed by atoms with Crippen molar-refractivity contribution in [2.24, 2.45) is 0 Å². The standard InChI is InChI=1S/C25H27N3O4/c1-5-22(24(30)26-20-11-9-18(10-12-20)25(31)32-6-2)28-23(29)14-13-21(27-28)19-8-7-16(3)17(4)15-19/h7-15,22H,5-6H2,1-4H3,(H,26,30)/t22-/m1/s1. The third-order valence-corrected chi connectivity index (χ3v) is 5.28. The Bertz CT molecular complexity index is 1180. The van der Waals surface area contributed by atoms with Gasteiger partial charge in [-0.05, 0) is 74.7 Å². The Morgan fingerprint density at radius 1 is 1.00 bits per heavy atom. The fourth-order valence-corrected chi connectivity index (χ4v) is 3.30. The number of aromatic nitrogens is 2. The number of aryl methyl sites for hydroxylation is 2. The van der Waals surface area contributed by atoms with Crippen molar-refractivity contribution in [3.8, 4) is 11.3 Å². The van der Waals surface area contributed by atoms with Crippen LogP contribution in [0.25, 0.3) is 11.3 Å². The van der Waals surface area contributed by atoms with Crippen LogP contribution in [0.1, 0.15) is 47.8 Å². The second-order valence-corrected chi connectivity index (χ2v) is 7.51. The molecule has 0 bridgehead atoms. The number of nitrogens with one attached hydrogen (secondary N) is 1. The lowest BCUT2D eigenvalue weighted by molar-refractivity contribution is -0.119. The van der Waals surface area contributed by atoms with Crippen LogP contribution >= 0.6 is 0 Å². The topological polar surface area (TPSA) is 90.3 Å². The summed E-state index contributed by atoms with van der Waals surface area (Å²) in [5, 5.41) is 7.29. The van der Waals surface area contributed by atoms with Gasteiger partial charge in [0.15, 0.2) is 0 Å². The monoisotopic (exact) mass is 433 g/mol. The Balaban J connectivity index is 1.84. The molecule has 7 nitrogen and oxygen atoms in total. The number of carbonyl (C=O) groups is 2. The number of hydrogen-bond donors (Lipinski definition) is 1. The average molecular weight is 434 g/mol. The number of hydrogen-bond acceptors (Lipinski definition) is 5. The molecular weight excluding hydrogens is 406 g/mol. The van der Waals surface area contributed by atoms with Crippen LogP contribution in [-0.4, -0.2) is 28.3 Å². The Morgan fingerprint density at radius 3 is 2.34 bits per heavy atom. The number of nitrogens with zero attached hydrogens (tertiary/aromatic N) is 2. The SMILES string of the molecule is CCOC(=O)c1ccc(NC(=O)[C@@H](CC)n2nc(-c3ccc(C)c(C)c3)ccc2=O)cc1. The molecule has 0 radical (unpaired) electrons. The highest BCUT2D eigenvalue weighted by molar-refractivity contribution is 5.95. The minimum Gasteiger partial charge on any atom is -0.462 e. The van der Waals surface area contributed by atoms with E-state index >= 15 is 0 Å². The summed E-state index contributed by atoms with van der Waals surface area (Å²) in [5.74, 6) is -0.779. The van der Waals surface area contributed by atoms with Gasteiger partial charge in [0.05, 0.1) is 17.9 Å². The van der Waals surface area contributed by atoms with Crippen molar-refractivity contribution in [1.29, 1.82) is 0 Å². The molecule has 3 aromatic rings. The number of amides is 1. The molecule has 0 fully saturated rings. The highest BCUT2D eigenvalue weighted by atomic mass is 16.5. The largest absolute Gasteiger partial charge is 0.462 e. The lowest BCUT2D eigenvalue weighted by Gasteiger charge is -2.18. The van der Waals surface area contributed by atoms with Crippen LogP contribution in [0.2, 0.25) is 0 Å². The van der Waals surface area contributed by atoms with Gasteiger partial charge < -0.3 is 10.1 Å². The predicted octanol–water partition coefficient (Wildman–Crippen LogP) is 4.29. The normalized spacial score (nSPS) is 11.6. The molecule has 7 heteroatoms. The van der Waals surface area contributed by atoms with E-state index in [2.05, 4.69) is 10.4 Å². The number of anilines is 1. The molecule has 0 aliphatic carbocycles. The lowest BCUT2D eigenvalue weighted by Crippen LogP contribution is -2.34. The molecule has 166 valence electrons. The summed E-state index contributed by atoms with van der Waals surface area (Å²) in [7, 11) is 0. The zero-order valence-electron chi connectivity index (χ0n) is 18.7. The summed E-state index contributed by atoms with van der Waals surface area (Å²) >= 11 is 0. The van der Waals surface area contributed by atoms with Gasteiger partial charge in [-0.15, -0.1) is 0 Å². The zero-order chi connectivity index (χ0) is 23.3. The van der Waals surface area contributed by atoms with E-state index in [1.54, 1.807) is 37.3 Å². The van der Waals surface area contributed by atoms with Crippen LogP contribution < -0.4 is 10.9 Å². The van der Waals surface area contributed by atoms with E-state index in [1.807, 2.05) is 39.0 Å². The Hall–Kier alpha value is -3.74. The van der Waals surface area contributed by atoms with Crippen LogP contribution in [0.5, 0.6) is 0 Å². The van der Waals surface area contributed by atoms with Gasteiger partial charge in [0, 0.05) is 17.3 Å². The minimum absolute atomic E-state index is 0.290. The fourth-order valence-electron chi connectivity index (χ4n) is 3.30. The van der Waals surface area contributed by atoms with Crippen molar-refractivity contribution in [2.75, 3.05) is 11.9 Å². The number of carbonyl (C=O) groups excluding carboxylic acids is 2. The third kappa shape index (κ3) is 5.11. The molecule has 0 saturated carbocycles. The van der Waals surface area contributed by atoms with E-state index in [-0.39, 0.29) is 11.5 Å². The predicted molar refractivity (Wildman–Crippen MR) is 124 cm³/mol. The van der Waals surface area contributed by atoms with E-state index in [9.17, 15) is 14.4 Å². The molecule has 1 atom stereocenters. The second-order valence-electron chi connectivity index (χ2n) is 7.51. The van der Waals surface area contributed by atoms with Crippen molar-refractivity contribution in [1.82, 2.24) is 9.78 Å². The average Bonchev–Trinajstić information content (AvgIpc) is 2.78. The maximum atomic E-state index is 13.0. The maximum absolute atomic E-state index is 13.0. The van der Waals surface area contributed by atoms with Crippen molar-refractivity contribution in [2.45, 2.75) is 40.2 Å². The molecule has 0 aliphatic heterocycles. The molecule has 0 spiro atoms. The van der Waals surface area contributed by atoms with E-state index in [4.69, 9.17) is 4.74 Å². The number of rotatable bonds is 7. The van der Waals surface area contributed by atoms with Gasteiger partial charge in [-0.3, -0.25) is 9.59 Å². The van der Waals surface area contributed by atoms with Crippen molar-refractivity contribution >= 4 is 17.6 Å². The Kier molecular flexibility index (Phi) is 7.20. The summed E-state index contributed by atoms with van der Waals surface area (Å²) in [6, 6.07) is 14.7. The molecule has 1 aromatic heterocycles. The van der Waals surface area contributed by atoms with Crippen molar-refractivity contribution < 1.29 is 14.3 Å². The van der Waals surface area contributed by atoms with E-state index < -0.39 is 12.0 Å². The quantitative estimate of drug-likeness (QED) is 0.561. The number of benzene rings is 2. The first-order valence-corrected chi connectivity index (χ1v) is 10.6. The molecule has 2 aromatic carbocycles. The maximum Gasteiger partial charge on any atom is 0.338 e. The van der Waals surface area contributed by atoms with Crippen LogP contribution in [-0.2, 0) is 9.53 Å². The Labute approximate surface area is 187 Å². The number of ether oxygens (including phenoxy) is 1. The van der Waals surface area contributed by atoms with Crippen LogP contribution in [0.3, 0.4) is 0 Å². The Morgan fingerprint density at radius 2 is 1.72 bits per heavy atom. The highest BCUT2D eigenvalue weighted by Crippen LogP contribution is 2.21. The number of esters is 1. The lowest BCUT2D eigenvalue weighted by atomic mass is 10.0. The first-order chi connectivity index (χ1) is 15.3. The molecule has 1 amide bonds. The first-order valence-electron chi connectivity index (χ1n) is 10.6. The highest BCUT2D eigenvalue weighted by Gasteiger charge is 2.22. The molecule has 3 rings (SSSR count). The van der Waals surface area contributed by atoms with Gasteiger partial charge in [0.25, 0.3) is 5.56 Å². The molecular formula is C25H27N3O4. The third-order valence-electron chi connectivity index (χ3n) is 5.28. The molecule has 32 heavy (non-hydrogen) atoms. The van der Waals surface area contributed by atoms with E-state index in [0.29, 0.717) is 30.0 Å². The summed E-state index contributed by atoms with van der Waals surface area (Å²) in [5.41, 5.74) is 4.36. The van der Waals surface area contributed by atoms with Crippen molar-refractivity contribution in [3.05, 3.63) is 81.6 Å². The van der Waals surface area contributed by atoms with E-state index in [0.717, 1.165) is 11.1 Å². The smallest absolute Gasteiger partial charge is 0.338 e. The molecule has 0 unspecified atom stereocenters. The first kappa shape index (κ1) is 22.9. The van der Waals surface area contributed by atoms with Gasteiger partial charge in [-0.1, -0.05) is 19.1 Å². The summed E-state index contributed by atoms with van der Waals surface area (Å²) in [6.07, 6.45) is 0.385. The zero-order valence-corrected chi connectivity index (χ0v) is 18.7. The summed E-state index contributed by atoms with van der Waals surface area (Å²) < 4.78 is 6.19. The summed E-state index contributed by atoms with van der Waals surface area (Å²) in [6.45, 7) is 7.90. The minimum atomic E-state index is -0.779. The van der Waals surface area contributed by atoms with Gasteiger partial charge in [-0.25, -0.2) is 9.48 Å². The van der Waals surface area contributed by atoms with Gasteiger partial charge >= 0.3 is 5.97 Å². The molecule has 0 aliphatic rings. The van der Waals surface area contributed by atoms with Crippen LogP contribution in [0.15, 0.2) is 59.4 Å². The second kappa shape index (κ2) is 10.0. The van der Waals surface area contributed by atoms with Crippen molar-refractivity contribution in [3.63, 3.8) is 0 Å². The summed E-state index contributed by atoms with van der Waals surface area (Å²) in [4.78, 5) is 37.3. The van der Waals surface area contributed by atoms with Crippen LogP contribution in [0, 0.1) is 13.8 Å². The van der Waals surface area contributed by atoms with E-state index in [1.165, 1.54) is 16.3 Å². The van der Waals surface area contributed by atoms with Gasteiger partial charge in [0.1, 0.15) is 6.04 Å².